The molecular formula is C12H16N4S. The maximum atomic E-state index is 6.10. The Balaban J connectivity index is 2.08. The molecule has 0 amide bonds. The van der Waals surface area contributed by atoms with Gasteiger partial charge in [0, 0.05) is 23.7 Å². The van der Waals surface area contributed by atoms with Gasteiger partial charge in [0.15, 0.2) is 0 Å². The lowest BCUT2D eigenvalue weighted by atomic mass is 9.99. The highest BCUT2D eigenvalue weighted by Gasteiger charge is 2.23. The molecule has 2 heterocycles. The minimum Gasteiger partial charge on any atom is -0.323 e. The third kappa shape index (κ3) is 1.70. The van der Waals surface area contributed by atoms with Gasteiger partial charge in [0.05, 0.1) is 17.5 Å². The van der Waals surface area contributed by atoms with Gasteiger partial charge >= 0.3 is 0 Å². The molecule has 0 fully saturated rings. The largest absolute Gasteiger partial charge is 0.323 e. The summed E-state index contributed by atoms with van der Waals surface area (Å²) < 4.78 is 1.88. The second kappa shape index (κ2) is 3.92. The van der Waals surface area contributed by atoms with Crippen molar-refractivity contribution in [2.24, 2.45) is 12.8 Å². The lowest BCUT2D eigenvalue weighted by Crippen LogP contribution is -2.16. The summed E-state index contributed by atoms with van der Waals surface area (Å²) in [5, 5.41) is 5.34. The third-order valence-electron chi connectivity index (χ3n) is 3.46. The fourth-order valence-corrected chi connectivity index (χ4v) is 3.51. The molecule has 0 saturated heterocycles. The quantitative estimate of drug-likeness (QED) is 0.841. The van der Waals surface area contributed by atoms with E-state index in [1.165, 1.54) is 11.3 Å². The van der Waals surface area contributed by atoms with Crippen molar-refractivity contribution in [3.8, 4) is 10.6 Å². The zero-order chi connectivity index (χ0) is 12.0. The zero-order valence-corrected chi connectivity index (χ0v) is 10.9. The molecule has 0 spiro atoms. The lowest BCUT2D eigenvalue weighted by Gasteiger charge is -2.15. The van der Waals surface area contributed by atoms with E-state index in [1.54, 1.807) is 11.3 Å². The summed E-state index contributed by atoms with van der Waals surface area (Å²) in [6.07, 6.45) is 5.26. The highest BCUT2D eigenvalue weighted by Crippen LogP contribution is 2.36. The number of fused-ring (bicyclic) bond motifs is 1. The number of aromatic nitrogens is 3. The van der Waals surface area contributed by atoms with Crippen molar-refractivity contribution in [3.05, 3.63) is 22.5 Å². The Bertz CT molecular complexity index is 555. The molecule has 3 rings (SSSR count). The van der Waals surface area contributed by atoms with Crippen LogP contribution in [0.4, 0.5) is 0 Å². The van der Waals surface area contributed by atoms with E-state index < -0.39 is 0 Å². The topological polar surface area (TPSA) is 56.7 Å². The molecular weight excluding hydrogens is 232 g/mol. The number of nitrogens with zero attached hydrogens (tertiary/aromatic N) is 3. The van der Waals surface area contributed by atoms with Gasteiger partial charge in [0.1, 0.15) is 5.01 Å². The molecule has 2 aromatic heterocycles. The first kappa shape index (κ1) is 10.9. The van der Waals surface area contributed by atoms with Crippen molar-refractivity contribution in [2.75, 3.05) is 0 Å². The highest BCUT2D eigenvalue weighted by atomic mass is 32.1. The summed E-state index contributed by atoms with van der Waals surface area (Å²) >= 11 is 1.78. The summed E-state index contributed by atoms with van der Waals surface area (Å²) in [6.45, 7) is 2.07. The van der Waals surface area contributed by atoms with E-state index in [-0.39, 0.29) is 6.04 Å². The Labute approximate surface area is 104 Å². The maximum Gasteiger partial charge on any atom is 0.127 e. The fraction of sp³-hybridized carbons (Fsp3) is 0.500. The van der Waals surface area contributed by atoms with Gasteiger partial charge < -0.3 is 5.73 Å². The normalized spacial score (nSPS) is 19.4. The van der Waals surface area contributed by atoms with Gasteiger partial charge in [0.25, 0.3) is 0 Å². The van der Waals surface area contributed by atoms with E-state index in [2.05, 4.69) is 12.0 Å². The van der Waals surface area contributed by atoms with Crippen molar-refractivity contribution in [1.29, 1.82) is 0 Å². The van der Waals surface area contributed by atoms with Crippen LogP contribution in [0, 0.1) is 6.92 Å². The molecule has 1 aliphatic rings. The van der Waals surface area contributed by atoms with Crippen LogP contribution in [-0.2, 0) is 13.5 Å². The first-order chi connectivity index (χ1) is 8.16. The Morgan fingerprint density at radius 3 is 3.00 bits per heavy atom. The van der Waals surface area contributed by atoms with Crippen molar-refractivity contribution < 1.29 is 0 Å². The zero-order valence-electron chi connectivity index (χ0n) is 10.1. The van der Waals surface area contributed by atoms with E-state index in [1.807, 2.05) is 17.9 Å². The minimum absolute atomic E-state index is 0.126. The summed E-state index contributed by atoms with van der Waals surface area (Å²) in [6, 6.07) is 0.126. The van der Waals surface area contributed by atoms with E-state index in [0.29, 0.717) is 0 Å². The second-order valence-corrected chi connectivity index (χ2v) is 5.68. The van der Waals surface area contributed by atoms with E-state index in [4.69, 9.17) is 10.7 Å². The maximum absolute atomic E-state index is 6.10. The second-order valence-electron chi connectivity index (χ2n) is 4.59. The van der Waals surface area contributed by atoms with Crippen LogP contribution in [0.25, 0.3) is 10.6 Å². The molecule has 0 saturated carbocycles. The molecule has 1 atom stereocenters. The molecule has 4 nitrogen and oxygen atoms in total. The Hall–Kier alpha value is -1.20. The molecule has 0 aromatic carbocycles. The summed E-state index contributed by atoms with van der Waals surface area (Å²) in [4.78, 5) is 6.08. The molecule has 17 heavy (non-hydrogen) atoms. The smallest absolute Gasteiger partial charge is 0.127 e. The van der Waals surface area contributed by atoms with Crippen LogP contribution in [0.2, 0.25) is 0 Å². The number of nitrogens with two attached hydrogens (primary N) is 1. The number of rotatable bonds is 1. The average Bonchev–Trinajstić information content (AvgIpc) is 2.85. The molecule has 2 aromatic rings. The standard InChI is InChI=1S/C12H16N4S/c1-7-8(6-14-16(7)2)12-15-11-9(13)4-3-5-10(11)17-12/h6,9H,3-5,13H2,1-2H3. The van der Waals surface area contributed by atoms with Crippen LogP contribution >= 0.6 is 11.3 Å². The van der Waals surface area contributed by atoms with Crippen LogP contribution in [0.5, 0.6) is 0 Å². The molecule has 1 unspecified atom stereocenters. The van der Waals surface area contributed by atoms with Gasteiger partial charge in [-0.1, -0.05) is 0 Å². The van der Waals surface area contributed by atoms with Crippen molar-refractivity contribution in [1.82, 2.24) is 14.8 Å². The van der Waals surface area contributed by atoms with Gasteiger partial charge in [0.2, 0.25) is 0 Å². The minimum atomic E-state index is 0.126. The van der Waals surface area contributed by atoms with Crippen LogP contribution < -0.4 is 5.73 Å². The number of hydrogen-bond acceptors (Lipinski definition) is 4. The lowest BCUT2D eigenvalue weighted by molar-refractivity contribution is 0.564. The Morgan fingerprint density at radius 2 is 2.35 bits per heavy atom. The summed E-state index contributed by atoms with van der Waals surface area (Å²) in [5.74, 6) is 0. The number of thiazole rings is 1. The summed E-state index contributed by atoms with van der Waals surface area (Å²) in [5.41, 5.74) is 9.51. The van der Waals surface area contributed by atoms with Gasteiger partial charge in [-0.25, -0.2) is 4.98 Å². The first-order valence-electron chi connectivity index (χ1n) is 5.91. The monoisotopic (exact) mass is 248 g/mol. The third-order valence-corrected chi connectivity index (χ3v) is 4.63. The number of aryl methyl sites for hydroxylation is 2. The van der Waals surface area contributed by atoms with Gasteiger partial charge in [-0.15, -0.1) is 11.3 Å². The van der Waals surface area contributed by atoms with Crippen LogP contribution in [0.3, 0.4) is 0 Å². The first-order valence-corrected chi connectivity index (χ1v) is 6.72. The van der Waals surface area contributed by atoms with E-state index in [9.17, 15) is 0 Å². The van der Waals surface area contributed by atoms with Crippen LogP contribution in [-0.4, -0.2) is 14.8 Å². The van der Waals surface area contributed by atoms with Crippen molar-refractivity contribution in [2.45, 2.75) is 32.2 Å². The molecule has 0 bridgehead atoms. The molecule has 0 aliphatic heterocycles. The van der Waals surface area contributed by atoms with Gasteiger partial charge in [-0.2, -0.15) is 5.10 Å². The van der Waals surface area contributed by atoms with E-state index in [0.717, 1.165) is 34.8 Å². The van der Waals surface area contributed by atoms with Crippen LogP contribution in [0.15, 0.2) is 6.20 Å². The highest BCUT2D eigenvalue weighted by molar-refractivity contribution is 7.15. The number of hydrogen-bond donors (Lipinski definition) is 1. The Kier molecular flexibility index (Phi) is 2.52. The molecule has 90 valence electrons. The molecule has 0 radical (unpaired) electrons. The van der Waals surface area contributed by atoms with Crippen LogP contribution in [0.1, 0.15) is 35.1 Å². The fourth-order valence-electron chi connectivity index (χ4n) is 2.28. The predicted molar refractivity (Wildman–Crippen MR) is 68.9 cm³/mol. The van der Waals surface area contributed by atoms with Gasteiger partial charge in [-0.05, 0) is 26.2 Å². The van der Waals surface area contributed by atoms with Gasteiger partial charge in [-0.3, -0.25) is 4.68 Å². The molecule has 1 aliphatic carbocycles. The van der Waals surface area contributed by atoms with E-state index >= 15 is 0 Å². The predicted octanol–water partition coefficient (Wildman–Crippen LogP) is 2.19. The average molecular weight is 248 g/mol. The SMILES string of the molecule is Cc1c(-c2nc3c(s2)CCCC3N)cnn1C. The molecule has 5 heteroatoms. The Morgan fingerprint density at radius 1 is 1.53 bits per heavy atom. The van der Waals surface area contributed by atoms with Crippen molar-refractivity contribution in [3.63, 3.8) is 0 Å². The molecule has 2 N–H and O–H groups in total. The summed E-state index contributed by atoms with van der Waals surface area (Å²) in [7, 11) is 1.96. The van der Waals surface area contributed by atoms with Crippen molar-refractivity contribution >= 4 is 11.3 Å².